The summed E-state index contributed by atoms with van der Waals surface area (Å²) < 4.78 is 6.82. The SMILES string of the molecule is C=S.Cc1cc2c(cc1C)C(OCC(CC(C)(C)C)C(C)C)C1(C)C=CC=CC1=C2. The monoisotopic (exact) mass is 424 g/mol. The molecule has 0 radical (unpaired) electrons. The Morgan fingerprint density at radius 1 is 1.10 bits per heavy atom. The minimum Gasteiger partial charge on any atom is -0.372 e. The molecule has 0 heterocycles. The molecule has 30 heavy (non-hydrogen) atoms. The number of fused-ring (bicyclic) bond motifs is 2. The zero-order chi connectivity index (χ0) is 22.7. The maximum atomic E-state index is 6.82. The van der Waals surface area contributed by atoms with E-state index in [9.17, 15) is 0 Å². The fraction of sp³-hybridized carbons (Fsp3) is 0.536. The van der Waals surface area contributed by atoms with E-state index >= 15 is 0 Å². The van der Waals surface area contributed by atoms with Gasteiger partial charge in [0.2, 0.25) is 0 Å². The molecule has 0 bridgehead atoms. The Morgan fingerprint density at radius 3 is 2.33 bits per heavy atom. The van der Waals surface area contributed by atoms with Crippen LogP contribution in [0.3, 0.4) is 0 Å². The van der Waals surface area contributed by atoms with Crippen molar-refractivity contribution in [3.63, 3.8) is 0 Å². The number of ether oxygens (including phenoxy) is 1. The van der Waals surface area contributed by atoms with Crippen LogP contribution in [-0.4, -0.2) is 12.5 Å². The average Bonchev–Trinajstić information content (AvgIpc) is 2.66. The maximum absolute atomic E-state index is 6.82. The zero-order valence-corrected chi connectivity index (χ0v) is 21.0. The number of hydrogen-bond acceptors (Lipinski definition) is 2. The summed E-state index contributed by atoms with van der Waals surface area (Å²) in [5.41, 5.74) is 6.92. The van der Waals surface area contributed by atoms with Gasteiger partial charge < -0.3 is 4.74 Å². The van der Waals surface area contributed by atoms with Crippen LogP contribution in [0.15, 0.2) is 42.0 Å². The molecule has 0 aromatic heterocycles. The number of allylic oxidation sites excluding steroid dienone is 3. The van der Waals surface area contributed by atoms with E-state index in [0.717, 1.165) is 6.61 Å². The van der Waals surface area contributed by atoms with Crippen LogP contribution in [0.5, 0.6) is 0 Å². The van der Waals surface area contributed by atoms with E-state index < -0.39 is 0 Å². The molecule has 0 saturated carbocycles. The Bertz CT molecular complexity index is 837. The van der Waals surface area contributed by atoms with Gasteiger partial charge in [-0.2, -0.15) is 0 Å². The predicted octanol–water partition coefficient (Wildman–Crippen LogP) is 8.21. The number of rotatable bonds is 5. The first-order valence-electron chi connectivity index (χ1n) is 11.1. The molecule has 0 amide bonds. The van der Waals surface area contributed by atoms with Crippen molar-refractivity contribution in [2.75, 3.05) is 6.61 Å². The van der Waals surface area contributed by atoms with Gasteiger partial charge in [-0.25, -0.2) is 0 Å². The second kappa shape index (κ2) is 9.75. The van der Waals surface area contributed by atoms with Gasteiger partial charge in [0.25, 0.3) is 0 Å². The van der Waals surface area contributed by atoms with Crippen molar-refractivity contribution < 1.29 is 4.74 Å². The largest absolute Gasteiger partial charge is 0.372 e. The summed E-state index contributed by atoms with van der Waals surface area (Å²) in [6, 6.07) is 4.68. The summed E-state index contributed by atoms with van der Waals surface area (Å²) in [7, 11) is 0. The van der Waals surface area contributed by atoms with Crippen LogP contribution >= 0.6 is 12.2 Å². The van der Waals surface area contributed by atoms with Gasteiger partial charge in [0.15, 0.2) is 0 Å². The summed E-state index contributed by atoms with van der Waals surface area (Å²) >= 11 is 3.83. The van der Waals surface area contributed by atoms with Gasteiger partial charge in [0.05, 0.1) is 12.7 Å². The third-order valence-corrected chi connectivity index (χ3v) is 6.58. The van der Waals surface area contributed by atoms with Crippen LogP contribution in [0, 0.1) is 36.5 Å². The highest BCUT2D eigenvalue weighted by Gasteiger charge is 2.41. The normalized spacial score (nSPS) is 23.2. The van der Waals surface area contributed by atoms with Crippen LogP contribution in [0.2, 0.25) is 0 Å². The Balaban J connectivity index is 0.00000155. The lowest BCUT2D eigenvalue weighted by Crippen LogP contribution is -2.34. The Morgan fingerprint density at radius 2 is 1.73 bits per heavy atom. The predicted molar refractivity (Wildman–Crippen MR) is 136 cm³/mol. The molecule has 2 aliphatic rings. The molecule has 0 spiro atoms. The van der Waals surface area contributed by atoms with E-state index in [1.54, 1.807) is 0 Å². The molecule has 0 N–H and O–H groups in total. The van der Waals surface area contributed by atoms with Gasteiger partial charge in [-0.1, -0.05) is 89.3 Å². The Labute approximate surface area is 190 Å². The van der Waals surface area contributed by atoms with Gasteiger partial charge in [-0.3, -0.25) is 0 Å². The van der Waals surface area contributed by atoms with Gasteiger partial charge in [0.1, 0.15) is 0 Å². The summed E-state index contributed by atoms with van der Waals surface area (Å²) in [6.45, 7) is 19.2. The van der Waals surface area contributed by atoms with Crippen LogP contribution in [-0.2, 0) is 4.74 Å². The van der Waals surface area contributed by atoms with Crippen molar-refractivity contribution in [3.05, 3.63) is 64.3 Å². The second-order valence-electron chi connectivity index (χ2n) is 10.6. The minimum atomic E-state index is -0.104. The van der Waals surface area contributed by atoms with Gasteiger partial charge in [0, 0.05) is 5.41 Å². The van der Waals surface area contributed by atoms with Gasteiger partial charge in [-0.05, 0) is 78.1 Å². The van der Waals surface area contributed by atoms with Gasteiger partial charge >= 0.3 is 0 Å². The van der Waals surface area contributed by atoms with E-state index in [2.05, 4.69) is 116 Å². The molecule has 2 heteroatoms. The molecule has 3 unspecified atom stereocenters. The summed E-state index contributed by atoms with van der Waals surface area (Å²) in [4.78, 5) is 0. The molecule has 1 aromatic carbocycles. The summed E-state index contributed by atoms with van der Waals surface area (Å²) in [6.07, 6.45) is 12.5. The fourth-order valence-corrected chi connectivity index (χ4v) is 4.59. The van der Waals surface area contributed by atoms with Crippen LogP contribution in [0.1, 0.15) is 76.3 Å². The first kappa shape index (κ1) is 24.8. The molecule has 2 aliphatic carbocycles. The van der Waals surface area contributed by atoms with Crippen molar-refractivity contribution in [3.8, 4) is 0 Å². The van der Waals surface area contributed by atoms with Crippen molar-refractivity contribution >= 4 is 24.2 Å². The van der Waals surface area contributed by atoms with E-state index in [0.29, 0.717) is 17.3 Å². The topological polar surface area (TPSA) is 9.23 Å². The van der Waals surface area contributed by atoms with Crippen molar-refractivity contribution in [2.24, 2.45) is 22.7 Å². The Hall–Kier alpha value is -1.51. The van der Waals surface area contributed by atoms with Gasteiger partial charge in [-0.15, -0.1) is 0 Å². The first-order chi connectivity index (χ1) is 14.0. The number of hydrogen-bond donors (Lipinski definition) is 0. The van der Waals surface area contributed by atoms with E-state index in [4.69, 9.17) is 4.74 Å². The molecule has 0 saturated heterocycles. The highest BCUT2D eigenvalue weighted by Crippen LogP contribution is 2.51. The maximum Gasteiger partial charge on any atom is 0.0959 e. The smallest absolute Gasteiger partial charge is 0.0959 e. The van der Waals surface area contributed by atoms with E-state index in [1.807, 2.05) is 0 Å². The molecule has 1 nitrogen and oxygen atoms in total. The second-order valence-corrected chi connectivity index (χ2v) is 10.6. The summed E-state index contributed by atoms with van der Waals surface area (Å²) in [5, 5.41) is 0. The van der Waals surface area contributed by atoms with Crippen molar-refractivity contribution in [1.82, 2.24) is 0 Å². The number of aryl methyl sites for hydroxylation is 2. The number of thiocarbonyl (C=S) groups is 1. The Kier molecular flexibility index (Phi) is 8.04. The fourth-order valence-electron chi connectivity index (χ4n) is 4.59. The summed E-state index contributed by atoms with van der Waals surface area (Å²) in [5.74, 6) is 4.02. The third kappa shape index (κ3) is 5.39. The van der Waals surface area contributed by atoms with Crippen LogP contribution in [0.25, 0.3) is 6.08 Å². The van der Waals surface area contributed by atoms with Crippen molar-refractivity contribution in [1.29, 1.82) is 0 Å². The molecular weight excluding hydrogens is 384 g/mol. The zero-order valence-electron chi connectivity index (χ0n) is 20.2. The highest BCUT2D eigenvalue weighted by molar-refractivity contribution is 7.77. The van der Waals surface area contributed by atoms with Crippen LogP contribution < -0.4 is 0 Å². The highest BCUT2D eigenvalue weighted by atomic mass is 32.1. The quantitative estimate of drug-likeness (QED) is 0.440. The number of benzene rings is 1. The lowest BCUT2D eigenvalue weighted by atomic mass is 9.67. The standard InChI is InChI=1S/C27H38O.CH2S/c1-18(2)22(16-26(5,6)7)17-28-25-24-14-20(4)19(3)13-21(24)15-23-11-9-10-12-27(23,25)8;1-2/h9-15,18,22,25H,16-17H2,1-8H3;1H2. The molecule has 3 atom stereocenters. The molecule has 164 valence electrons. The average molecular weight is 425 g/mol. The molecule has 0 fully saturated rings. The molecular formula is C28H40OS. The first-order valence-corrected chi connectivity index (χ1v) is 11.7. The van der Waals surface area contributed by atoms with E-state index in [1.165, 1.54) is 34.2 Å². The van der Waals surface area contributed by atoms with Crippen LogP contribution in [0.4, 0.5) is 0 Å². The lowest BCUT2D eigenvalue weighted by Gasteiger charge is -2.43. The van der Waals surface area contributed by atoms with Crippen molar-refractivity contribution in [2.45, 2.75) is 67.9 Å². The minimum absolute atomic E-state index is 0.0595. The third-order valence-electron chi connectivity index (χ3n) is 6.58. The lowest BCUT2D eigenvalue weighted by molar-refractivity contribution is -0.0332. The molecule has 1 aromatic rings. The molecule has 3 rings (SSSR count). The molecule has 0 aliphatic heterocycles. The van der Waals surface area contributed by atoms with E-state index in [-0.39, 0.29) is 11.5 Å².